The summed E-state index contributed by atoms with van der Waals surface area (Å²) in [6.07, 6.45) is -1.01. The second-order valence-electron chi connectivity index (χ2n) is 14.2. The highest BCUT2D eigenvalue weighted by molar-refractivity contribution is 6.72. The molecule has 0 bridgehead atoms. The van der Waals surface area contributed by atoms with E-state index < -0.39 is 31.6 Å². The summed E-state index contributed by atoms with van der Waals surface area (Å²) in [5, 5.41) is 13.6. The van der Waals surface area contributed by atoms with Gasteiger partial charge in [-0.1, -0.05) is 61.5 Å². The summed E-state index contributed by atoms with van der Waals surface area (Å²) in [6.45, 7) is 5.44. The number of rotatable bonds is 11. The molecule has 1 fully saturated rings. The van der Waals surface area contributed by atoms with Crippen LogP contribution in [0.1, 0.15) is 30.0 Å². The van der Waals surface area contributed by atoms with E-state index in [1.54, 1.807) is 48.2 Å². The average molecular weight is 723 g/mol. The van der Waals surface area contributed by atoms with E-state index in [0.717, 1.165) is 16.6 Å². The van der Waals surface area contributed by atoms with Crippen molar-refractivity contribution in [3.05, 3.63) is 124 Å². The fourth-order valence-electron chi connectivity index (χ4n) is 8.20. The van der Waals surface area contributed by atoms with Crippen LogP contribution in [0.3, 0.4) is 0 Å². The van der Waals surface area contributed by atoms with Gasteiger partial charge in [-0.3, -0.25) is 19.5 Å². The molecule has 1 saturated heterocycles. The van der Waals surface area contributed by atoms with Crippen LogP contribution in [0.5, 0.6) is 5.75 Å². The number of hydrogen-bond acceptors (Lipinski definition) is 6. The number of carbonyl (C=O) groups excluding carboxylic acids is 2. The number of ether oxygens (including phenoxy) is 2. The summed E-state index contributed by atoms with van der Waals surface area (Å²) >= 11 is 0. The van der Waals surface area contributed by atoms with Crippen LogP contribution in [-0.2, 0) is 33.0 Å². The second-order valence-corrected chi connectivity index (χ2v) is 18.0. The van der Waals surface area contributed by atoms with E-state index >= 15 is 4.11 Å². The Morgan fingerprint density at radius 1 is 1.00 bits per heavy atom. The lowest BCUT2D eigenvalue weighted by atomic mass is 9.82. The van der Waals surface area contributed by atoms with Crippen LogP contribution in [0.4, 0.5) is 9.80 Å². The molecule has 2 N–H and O–H groups in total. The van der Waals surface area contributed by atoms with Crippen LogP contribution in [0, 0.1) is 5.92 Å². The minimum Gasteiger partial charge on any atom is -0.497 e. The molecule has 12 heteroatoms. The Balaban J connectivity index is 1.21. The summed E-state index contributed by atoms with van der Waals surface area (Å²) in [7, 11) is -1.99. The zero-order valence-corrected chi connectivity index (χ0v) is 30.7. The first-order valence-electron chi connectivity index (χ1n) is 17.5. The van der Waals surface area contributed by atoms with Gasteiger partial charge in [0.1, 0.15) is 5.75 Å². The number of carbonyl (C=O) groups is 2. The van der Waals surface area contributed by atoms with Gasteiger partial charge in [-0.15, -0.1) is 0 Å². The molecule has 2 aliphatic heterocycles. The van der Waals surface area contributed by atoms with Gasteiger partial charge in [0, 0.05) is 30.1 Å². The maximum Gasteiger partial charge on any atom is 0.279 e. The van der Waals surface area contributed by atoms with E-state index in [1.165, 1.54) is 4.68 Å². The summed E-state index contributed by atoms with van der Waals surface area (Å²) < 4.78 is 30.4. The smallest absolute Gasteiger partial charge is 0.279 e. The second kappa shape index (κ2) is 13.8. The predicted octanol–water partition coefficient (Wildman–Crippen LogP) is 6.06. The van der Waals surface area contributed by atoms with Gasteiger partial charge in [0.25, 0.3) is 11.5 Å². The summed E-state index contributed by atoms with van der Waals surface area (Å²) in [6, 6.07) is 29.6. The number of aromatic amines is 1. The molecule has 1 spiro atoms. The predicted molar refractivity (Wildman–Crippen MR) is 200 cm³/mol. The fourth-order valence-corrected chi connectivity index (χ4v) is 10.7. The number of nitrogens with zero attached hydrogens (tertiary/aromatic N) is 3. The molecule has 0 radical (unpaired) electrons. The molecule has 52 heavy (non-hydrogen) atoms. The molecule has 1 aromatic heterocycles. The van der Waals surface area contributed by atoms with E-state index in [9.17, 15) is 19.5 Å². The van der Waals surface area contributed by atoms with Gasteiger partial charge in [-0.25, -0.2) is 4.68 Å². The number of amides is 2. The van der Waals surface area contributed by atoms with Crippen LogP contribution >= 0.6 is 0 Å². The first-order chi connectivity index (χ1) is 25.0. The number of aliphatic hydroxyl groups is 1. The Morgan fingerprint density at radius 3 is 2.38 bits per heavy atom. The number of anilines is 1. The van der Waals surface area contributed by atoms with Crippen molar-refractivity contribution in [1.82, 2.24) is 14.7 Å². The van der Waals surface area contributed by atoms with Crippen molar-refractivity contribution in [3.8, 4) is 11.4 Å². The lowest BCUT2D eigenvalue weighted by Crippen LogP contribution is -2.45. The lowest BCUT2D eigenvalue weighted by molar-refractivity contribution is -0.150. The van der Waals surface area contributed by atoms with Gasteiger partial charge in [-0.05, 0) is 66.7 Å². The molecule has 5 aromatic rings. The zero-order valence-electron chi connectivity index (χ0n) is 29.7. The van der Waals surface area contributed by atoms with Crippen molar-refractivity contribution in [2.75, 3.05) is 25.2 Å². The van der Waals surface area contributed by atoms with Gasteiger partial charge >= 0.3 is 0 Å². The molecule has 4 aromatic carbocycles. The first kappa shape index (κ1) is 35.4. The molecule has 7 rings (SSSR count). The fraction of sp³-hybridized carbons (Fsp3) is 0.325. The number of benzene rings is 4. The average Bonchev–Trinajstić information content (AvgIpc) is 3.71. The van der Waals surface area contributed by atoms with Crippen molar-refractivity contribution in [3.63, 3.8) is 0 Å². The van der Waals surface area contributed by atoms with Crippen LogP contribution in [0.15, 0.2) is 102 Å². The minimum atomic E-state index is -3.54. The first-order valence-corrected chi connectivity index (χ1v) is 20.5. The number of para-hydroxylation sites is 1. The number of H-pyrrole nitrogens is 1. The molecular weight excluding hydrogens is 680 g/mol. The Kier molecular flexibility index (Phi) is 9.40. The Bertz CT molecular complexity index is 2170. The number of aromatic nitrogens is 2. The highest BCUT2D eigenvalue weighted by Gasteiger charge is 2.67. The number of methoxy groups -OCH3 is 1. The highest BCUT2D eigenvalue weighted by atomic mass is 28.4. The van der Waals surface area contributed by atoms with Crippen molar-refractivity contribution in [2.24, 2.45) is 5.92 Å². The van der Waals surface area contributed by atoms with Gasteiger partial charge in [0.05, 0.1) is 55.1 Å². The number of hydrogen-bond donors (Lipinski definition) is 2. The van der Waals surface area contributed by atoms with Crippen LogP contribution in [0.25, 0.3) is 16.6 Å². The van der Waals surface area contributed by atoms with E-state index in [2.05, 4.69) is 5.10 Å². The molecule has 2 aliphatic rings. The Morgan fingerprint density at radius 2 is 1.71 bits per heavy atom. The normalized spacial score (nSPS) is 21.2. The maximum absolute atomic E-state index is 16.5. The topological polar surface area (TPSA) is 117 Å². The molecule has 10 nitrogen and oxygen atoms in total. The van der Waals surface area contributed by atoms with Crippen LogP contribution in [-0.4, -0.2) is 66.4 Å². The number of nitrogens with one attached hydrogen (secondary N) is 1. The van der Waals surface area contributed by atoms with Crippen molar-refractivity contribution >= 4 is 36.8 Å². The van der Waals surface area contributed by atoms with Crippen molar-refractivity contribution < 1.29 is 28.3 Å². The molecule has 3 heterocycles. The third-order valence-corrected chi connectivity index (χ3v) is 13.1. The quantitative estimate of drug-likeness (QED) is 0.127. The number of aliphatic hydroxyl groups excluding tert-OH is 1. The lowest BCUT2D eigenvalue weighted by Gasteiger charge is -2.31. The maximum atomic E-state index is 16.5. The van der Waals surface area contributed by atoms with Gasteiger partial charge in [0.15, 0.2) is 5.60 Å². The number of fused-ring (bicyclic) bond motifs is 3. The van der Waals surface area contributed by atoms with Crippen molar-refractivity contribution in [1.29, 1.82) is 0 Å². The molecular formula is C40H43FN4O6Si. The minimum absolute atomic E-state index is 0.114. The zero-order chi connectivity index (χ0) is 36.8. The SMILES string of the molecule is COc1ccc2c(c1)[C@]1(O[C@@H](CC(=O)N(CCO)Cc3ccccc3)[C@H]([Si](C)(C)F)[C@H]1C)C(=O)N2Cc1ccc(-n2[nH]c3ccccc3c2=O)cc1. The molecule has 0 aliphatic carbocycles. The van der Waals surface area contributed by atoms with E-state index in [-0.39, 0.29) is 50.0 Å². The third-order valence-electron chi connectivity index (χ3n) is 10.6. The van der Waals surface area contributed by atoms with E-state index in [0.29, 0.717) is 28.1 Å². The van der Waals surface area contributed by atoms with Gasteiger partial charge < -0.3 is 28.5 Å². The summed E-state index contributed by atoms with van der Waals surface area (Å²) in [4.78, 5) is 45.1. The highest BCUT2D eigenvalue weighted by Crippen LogP contribution is 2.60. The van der Waals surface area contributed by atoms with Gasteiger partial charge in [0.2, 0.25) is 14.3 Å². The summed E-state index contributed by atoms with van der Waals surface area (Å²) in [5.74, 6) is -0.676. The van der Waals surface area contributed by atoms with E-state index in [1.807, 2.05) is 85.8 Å². The number of halogens is 1. The van der Waals surface area contributed by atoms with Crippen LogP contribution < -0.4 is 15.2 Å². The van der Waals surface area contributed by atoms with Crippen molar-refractivity contribution in [2.45, 2.75) is 56.8 Å². The largest absolute Gasteiger partial charge is 0.497 e. The van der Waals surface area contributed by atoms with Gasteiger partial charge in [-0.2, -0.15) is 0 Å². The Hall–Kier alpha value is -5.04. The molecule has 0 unspecified atom stereocenters. The summed E-state index contributed by atoms with van der Waals surface area (Å²) in [5.41, 5.74) is 1.94. The third kappa shape index (κ3) is 6.14. The molecule has 2 amide bonds. The molecule has 0 saturated carbocycles. The molecule has 270 valence electrons. The van der Waals surface area contributed by atoms with E-state index in [4.69, 9.17) is 9.47 Å². The molecule has 4 atom stereocenters. The van der Waals surface area contributed by atoms with Crippen LogP contribution in [0.2, 0.25) is 18.6 Å². The standard InChI is InChI=1S/C40H43FN4O6Si/c1-26-37(52(3,4)41)35(23-36(47)43(20-21-46)24-27-10-6-5-7-11-27)51-40(26)32-22-30(50-2)18-19-34(32)44(39(40)49)25-28-14-16-29(17-15-28)45-38(48)31-12-8-9-13-33(31)42-45/h5-19,22,26,35,37,42,46H,20-21,23-25H2,1-4H3/t26-,35+,37-,40+/m1/s1. The monoisotopic (exact) mass is 722 g/mol. The Labute approximate surface area is 302 Å².